The SMILES string of the molecule is CCn1ccc(C(C)NC(=O)/C=C\c2ccc(OC(F)F)cc2)n1. The first-order valence-electron chi connectivity index (χ1n) is 7.54. The minimum atomic E-state index is -2.85. The van der Waals surface area contributed by atoms with Gasteiger partial charge in [-0.05, 0) is 43.7 Å². The molecule has 1 aromatic carbocycles. The Labute approximate surface area is 138 Å². The van der Waals surface area contributed by atoms with Crippen molar-refractivity contribution in [2.75, 3.05) is 0 Å². The van der Waals surface area contributed by atoms with Crippen LogP contribution in [0.25, 0.3) is 6.08 Å². The number of nitrogens with zero attached hydrogens (tertiary/aromatic N) is 2. The number of hydrogen-bond acceptors (Lipinski definition) is 3. The van der Waals surface area contributed by atoms with Crippen molar-refractivity contribution in [3.8, 4) is 5.75 Å². The molecule has 0 radical (unpaired) electrons. The van der Waals surface area contributed by atoms with Crippen LogP contribution >= 0.6 is 0 Å². The summed E-state index contributed by atoms with van der Waals surface area (Å²) in [6.45, 7) is 1.76. The lowest BCUT2D eigenvalue weighted by Crippen LogP contribution is -2.25. The van der Waals surface area contributed by atoms with Gasteiger partial charge in [-0.1, -0.05) is 12.1 Å². The third-order valence-corrected chi connectivity index (χ3v) is 3.32. The molecule has 1 unspecified atom stereocenters. The lowest BCUT2D eigenvalue weighted by atomic mass is 10.2. The Balaban J connectivity index is 1.90. The summed E-state index contributed by atoms with van der Waals surface area (Å²) in [6.07, 6.45) is 4.84. The Morgan fingerprint density at radius 2 is 2.04 bits per heavy atom. The molecule has 5 nitrogen and oxygen atoms in total. The second-order valence-electron chi connectivity index (χ2n) is 5.11. The van der Waals surface area contributed by atoms with Crippen molar-refractivity contribution in [2.24, 2.45) is 0 Å². The van der Waals surface area contributed by atoms with Gasteiger partial charge in [0.25, 0.3) is 0 Å². The first-order valence-corrected chi connectivity index (χ1v) is 7.54. The lowest BCUT2D eigenvalue weighted by molar-refractivity contribution is -0.117. The third-order valence-electron chi connectivity index (χ3n) is 3.32. The van der Waals surface area contributed by atoms with E-state index in [4.69, 9.17) is 0 Å². The standard InChI is InChI=1S/C17H19F2N3O2/c1-3-22-11-10-15(21-22)12(2)20-16(23)9-6-13-4-7-14(8-5-13)24-17(18)19/h4-12,17H,3H2,1-2H3,(H,20,23)/b9-6-. The van der Waals surface area contributed by atoms with E-state index >= 15 is 0 Å². The van der Waals surface area contributed by atoms with Crippen LogP contribution in [0.2, 0.25) is 0 Å². The van der Waals surface area contributed by atoms with Gasteiger partial charge in [0.05, 0.1) is 11.7 Å². The van der Waals surface area contributed by atoms with Crippen LogP contribution in [-0.4, -0.2) is 22.3 Å². The Hall–Kier alpha value is -2.70. The van der Waals surface area contributed by atoms with Crippen LogP contribution in [-0.2, 0) is 11.3 Å². The number of aryl methyl sites for hydroxylation is 1. The summed E-state index contributed by atoms with van der Waals surface area (Å²) in [7, 11) is 0. The Morgan fingerprint density at radius 1 is 1.33 bits per heavy atom. The molecule has 2 aromatic rings. The Bertz CT molecular complexity index is 696. The van der Waals surface area contributed by atoms with Crippen molar-refractivity contribution < 1.29 is 18.3 Å². The molecule has 128 valence electrons. The quantitative estimate of drug-likeness (QED) is 0.789. The van der Waals surface area contributed by atoms with Gasteiger partial charge in [0.2, 0.25) is 5.91 Å². The number of rotatable bonds is 7. The number of benzene rings is 1. The average Bonchev–Trinajstić information content (AvgIpc) is 3.03. The normalized spacial score (nSPS) is 12.5. The molecular weight excluding hydrogens is 316 g/mol. The fraction of sp³-hybridized carbons (Fsp3) is 0.294. The molecule has 0 saturated carbocycles. The molecule has 1 atom stereocenters. The monoisotopic (exact) mass is 335 g/mol. The van der Waals surface area contributed by atoms with Gasteiger partial charge >= 0.3 is 6.61 Å². The van der Waals surface area contributed by atoms with Crippen molar-refractivity contribution in [3.63, 3.8) is 0 Å². The van der Waals surface area contributed by atoms with Crippen molar-refractivity contribution in [2.45, 2.75) is 33.0 Å². The number of nitrogens with one attached hydrogen (secondary N) is 1. The van der Waals surface area contributed by atoms with E-state index < -0.39 is 6.61 Å². The first-order chi connectivity index (χ1) is 11.5. The number of hydrogen-bond donors (Lipinski definition) is 1. The molecule has 1 N–H and O–H groups in total. The van der Waals surface area contributed by atoms with Gasteiger partial charge < -0.3 is 10.1 Å². The third kappa shape index (κ3) is 5.19. The van der Waals surface area contributed by atoms with Crippen molar-refractivity contribution in [1.82, 2.24) is 15.1 Å². The molecule has 0 aliphatic rings. The smallest absolute Gasteiger partial charge is 0.387 e. The number of ether oxygens (including phenoxy) is 1. The van der Waals surface area contributed by atoms with E-state index in [2.05, 4.69) is 15.2 Å². The van der Waals surface area contributed by atoms with Crippen molar-refractivity contribution in [1.29, 1.82) is 0 Å². The topological polar surface area (TPSA) is 56.2 Å². The predicted molar refractivity (Wildman–Crippen MR) is 86.6 cm³/mol. The van der Waals surface area contributed by atoms with E-state index in [0.717, 1.165) is 12.2 Å². The summed E-state index contributed by atoms with van der Waals surface area (Å²) >= 11 is 0. The van der Waals surface area contributed by atoms with E-state index in [1.54, 1.807) is 22.9 Å². The highest BCUT2D eigenvalue weighted by Gasteiger charge is 2.10. The zero-order valence-electron chi connectivity index (χ0n) is 13.4. The van der Waals surface area contributed by atoms with Crippen LogP contribution in [0.3, 0.4) is 0 Å². The van der Waals surface area contributed by atoms with Gasteiger partial charge in [-0.2, -0.15) is 13.9 Å². The van der Waals surface area contributed by atoms with Crippen LogP contribution < -0.4 is 10.1 Å². The maximum absolute atomic E-state index is 12.1. The van der Waals surface area contributed by atoms with Crippen LogP contribution in [0.1, 0.15) is 31.1 Å². The molecule has 7 heteroatoms. The fourth-order valence-corrected chi connectivity index (χ4v) is 2.05. The number of halogens is 2. The second-order valence-corrected chi connectivity index (χ2v) is 5.11. The highest BCUT2D eigenvalue weighted by atomic mass is 19.3. The van der Waals surface area contributed by atoms with Gasteiger partial charge in [-0.25, -0.2) is 0 Å². The summed E-state index contributed by atoms with van der Waals surface area (Å²) in [5, 5.41) is 7.15. The largest absolute Gasteiger partial charge is 0.435 e. The number of alkyl halides is 2. The van der Waals surface area contributed by atoms with Crippen LogP contribution in [0.4, 0.5) is 8.78 Å². The molecule has 0 bridgehead atoms. The molecule has 0 aliphatic heterocycles. The highest BCUT2D eigenvalue weighted by molar-refractivity contribution is 5.91. The van der Waals surface area contributed by atoms with Crippen molar-refractivity contribution in [3.05, 3.63) is 53.9 Å². The Morgan fingerprint density at radius 3 is 2.62 bits per heavy atom. The zero-order chi connectivity index (χ0) is 17.5. The molecule has 1 amide bonds. The molecular formula is C17H19F2N3O2. The first kappa shape index (κ1) is 17.7. The molecule has 0 aliphatic carbocycles. The summed E-state index contributed by atoms with van der Waals surface area (Å²) in [6, 6.07) is 7.67. The van der Waals surface area contributed by atoms with Gasteiger partial charge in [-0.3, -0.25) is 9.48 Å². The van der Waals surface area contributed by atoms with E-state index in [9.17, 15) is 13.6 Å². The van der Waals surface area contributed by atoms with Crippen LogP contribution in [0.15, 0.2) is 42.6 Å². The summed E-state index contributed by atoms with van der Waals surface area (Å²) < 4.78 is 30.2. The molecule has 0 fully saturated rings. The number of carbonyl (C=O) groups excluding carboxylic acids is 1. The van der Waals surface area contributed by atoms with E-state index in [-0.39, 0.29) is 17.7 Å². The number of carbonyl (C=O) groups is 1. The minimum Gasteiger partial charge on any atom is -0.435 e. The van der Waals surface area contributed by atoms with Crippen molar-refractivity contribution >= 4 is 12.0 Å². The maximum Gasteiger partial charge on any atom is 0.387 e. The number of amides is 1. The van der Waals surface area contributed by atoms with E-state index in [0.29, 0.717) is 5.56 Å². The van der Waals surface area contributed by atoms with E-state index in [1.807, 2.05) is 26.1 Å². The van der Waals surface area contributed by atoms with Gasteiger partial charge in [-0.15, -0.1) is 0 Å². The molecule has 2 rings (SSSR count). The number of aromatic nitrogens is 2. The predicted octanol–water partition coefficient (Wildman–Crippen LogP) is 3.40. The summed E-state index contributed by atoms with van der Waals surface area (Å²) in [4.78, 5) is 11.9. The molecule has 1 aromatic heterocycles. The molecule has 0 saturated heterocycles. The molecule has 24 heavy (non-hydrogen) atoms. The van der Waals surface area contributed by atoms with Crippen LogP contribution in [0, 0.1) is 0 Å². The molecule has 0 spiro atoms. The van der Waals surface area contributed by atoms with Gasteiger partial charge in [0, 0.05) is 18.8 Å². The Kier molecular flexibility index (Phi) is 6.06. The minimum absolute atomic E-state index is 0.0757. The average molecular weight is 335 g/mol. The zero-order valence-corrected chi connectivity index (χ0v) is 13.4. The molecule has 1 heterocycles. The van der Waals surface area contributed by atoms with Gasteiger partial charge in [0.1, 0.15) is 5.75 Å². The fourth-order valence-electron chi connectivity index (χ4n) is 2.05. The highest BCUT2D eigenvalue weighted by Crippen LogP contribution is 2.15. The summed E-state index contributed by atoms with van der Waals surface area (Å²) in [5.74, 6) is -0.187. The second kappa shape index (κ2) is 8.24. The summed E-state index contributed by atoms with van der Waals surface area (Å²) in [5.41, 5.74) is 1.49. The van der Waals surface area contributed by atoms with E-state index in [1.165, 1.54) is 18.2 Å². The maximum atomic E-state index is 12.1. The van der Waals surface area contributed by atoms with Gasteiger partial charge in [0.15, 0.2) is 0 Å². The lowest BCUT2D eigenvalue weighted by Gasteiger charge is -2.09. The van der Waals surface area contributed by atoms with Crippen LogP contribution in [0.5, 0.6) is 5.75 Å².